The Labute approximate surface area is 103 Å². The molecular weight excluding hydrogens is 239 g/mol. The van der Waals surface area contributed by atoms with E-state index in [0.717, 1.165) is 6.20 Å². The Bertz CT molecular complexity index is 609. The Morgan fingerprint density at radius 2 is 2.22 bits per heavy atom. The first kappa shape index (κ1) is 12.3. The third-order valence-electron chi connectivity index (χ3n) is 2.48. The Morgan fingerprint density at radius 1 is 1.50 bits per heavy atom. The number of nitrogen functional groups attached to an aromatic ring is 1. The number of aryl methyl sites for hydroxylation is 1. The lowest BCUT2D eigenvalue weighted by Gasteiger charge is -2.03. The molecule has 0 spiro atoms. The minimum atomic E-state index is -0.701. The molecule has 6 nitrogen and oxygen atoms in total. The van der Waals surface area contributed by atoms with Gasteiger partial charge in [0, 0.05) is 0 Å². The molecule has 0 aliphatic heterocycles. The fraction of sp³-hybridized carbons (Fsp3) is 0.364. The van der Waals surface area contributed by atoms with Crippen molar-refractivity contribution >= 4 is 17.6 Å². The Kier molecular flexibility index (Phi) is 3.14. The number of anilines is 1. The molecule has 0 aliphatic rings. The molecule has 0 atom stereocenters. The lowest BCUT2D eigenvalue weighted by Crippen LogP contribution is -2.11. The highest BCUT2D eigenvalue weighted by molar-refractivity contribution is 5.90. The summed E-state index contributed by atoms with van der Waals surface area (Å²) in [5, 5.41) is 0. The summed E-state index contributed by atoms with van der Waals surface area (Å²) in [5.74, 6) is -1.31. The van der Waals surface area contributed by atoms with Gasteiger partial charge in [-0.2, -0.15) is 4.98 Å². The van der Waals surface area contributed by atoms with Gasteiger partial charge in [-0.25, -0.2) is 14.2 Å². The normalized spacial score (nSPS) is 10.8. The summed E-state index contributed by atoms with van der Waals surface area (Å²) in [4.78, 5) is 19.8. The van der Waals surface area contributed by atoms with Crippen molar-refractivity contribution in [3.8, 4) is 0 Å². The zero-order valence-electron chi connectivity index (χ0n) is 10.1. The Morgan fingerprint density at radius 3 is 2.83 bits per heavy atom. The molecule has 0 fully saturated rings. The number of hydrogen-bond acceptors (Lipinski definition) is 5. The van der Waals surface area contributed by atoms with Crippen molar-refractivity contribution in [2.45, 2.75) is 20.3 Å². The number of fused-ring (bicyclic) bond motifs is 1. The largest absolute Gasteiger partial charge is 0.461 e. The van der Waals surface area contributed by atoms with E-state index < -0.39 is 11.8 Å². The fourth-order valence-electron chi connectivity index (χ4n) is 1.67. The van der Waals surface area contributed by atoms with Gasteiger partial charge in [-0.1, -0.05) is 6.92 Å². The topological polar surface area (TPSA) is 82.5 Å². The number of carbonyl (C=O) groups is 1. The summed E-state index contributed by atoms with van der Waals surface area (Å²) >= 11 is 0. The molecule has 0 amide bonds. The highest BCUT2D eigenvalue weighted by Gasteiger charge is 2.21. The van der Waals surface area contributed by atoms with E-state index in [1.54, 1.807) is 6.92 Å². The second kappa shape index (κ2) is 4.59. The third-order valence-corrected chi connectivity index (χ3v) is 2.48. The second-order valence-corrected chi connectivity index (χ2v) is 3.63. The molecule has 2 N–H and O–H groups in total. The van der Waals surface area contributed by atoms with Gasteiger partial charge in [0.05, 0.1) is 18.5 Å². The summed E-state index contributed by atoms with van der Waals surface area (Å²) in [7, 11) is 0. The molecule has 2 heterocycles. The molecule has 2 aromatic rings. The van der Waals surface area contributed by atoms with Crippen LogP contribution in [0.3, 0.4) is 0 Å². The van der Waals surface area contributed by atoms with Crippen molar-refractivity contribution in [1.29, 1.82) is 0 Å². The number of nitrogens with zero attached hydrogens (tertiary/aromatic N) is 3. The molecule has 0 bridgehead atoms. The van der Waals surface area contributed by atoms with Crippen LogP contribution in [0.2, 0.25) is 0 Å². The molecule has 0 saturated carbocycles. The van der Waals surface area contributed by atoms with Crippen LogP contribution >= 0.6 is 0 Å². The summed E-state index contributed by atoms with van der Waals surface area (Å²) in [6, 6.07) is 0. The van der Waals surface area contributed by atoms with Crippen LogP contribution in [0.4, 0.5) is 10.2 Å². The molecule has 0 aliphatic carbocycles. The van der Waals surface area contributed by atoms with E-state index in [2.05, 4.69) is 9.97 Å². The standard InChI is InChI=1S/C11H13FN4O2/c1-3-7-8(10(17)18-4-2)16-5-6(12)9(13)15-11(16)14-7/h5H,3-4H2,1-2H3,(H2,13,14,15). The number of rotatable bonds is 3. The third kappa shape index (κ3) is 1.87. The van der Waals surface area contributed by atoms with Gasteiger partial charge < -0.3 is 10.5 Å². The number of aromatic nitrogens is 3. The van der Waals surface area contributed by atoms with Gasteiger partial charge in [0.25, 0.3) is 0 Å². The first-order valence-corrected chi connectivity index (χ1v) is 5.58. The van der Waals surface area contributed by atoms with Crippen molar-refractivity contribution in [3.05, 3.63) is 23.4 Å². The van der Waals surface area contributed by atoms with Crippen LogP contribution in [0.25, 0.3) is 5.78 Å². The molecule has 0 radical (unpaired) electrons. The Balaban J connectivity index is 2.68. The van der Waals surface area contributed by atoms with Crippen LogP contribution in [0.15, 0.2) is 6.20 Å². The number of hydrogen-bond donors (Lipinski definition) is 1. The molecule has 2 aromatic heterocycles. The van der Waals surface area contributed by atoms with Gasteiger partial charge in [0.2, 0.25) is 5.78 Å². The molecule has 0 saturated heterocycles. The van der Waals surface area contributed by atoms with Crippen molar-refractivity contribution in [1.82, 2.24) is 14.4 Å². The summed E-state index contributed by atoms with van der Waals surface area (Å²) in [5.41, 5.74) is 6.07. The van der Waals surface area contributed by atoms with Crippen molar-refractivity contribution < 1.29 is 13.9 Å². The first-order chi connectivity index (χ1) is 8.58. The quantitative estimate of drug-likeness (QED) is 0.829. The van der Waals surface area contributed by atoms with E-state index in [1.807, 2.05) is 6.92 Å². The van der Waals surface area contributed by atoms with Crippen molar-refractivity contribution in [2.24, 2.45) is 0 Å². The average Bonchev–Trinajstić information content (AvgIpc) is 2.68. The number of ether oxygens (including phenoxy) is 1. The summed E-state index contributed by atoms with van der Waals surface area (Å²) in [6.07, 6.45) is 1.61. The maximum absolute atomic E-state index is 13.4. The highest BCUT2D eigenvalue weighted by atomic mass is 19.1. The van der Waals surface area contributed by atoms with Crippen LogP contribution < -0.4 is 5.73 Å². The van der Waals surface area contributed by atoms with Crippen LogP contribution in [0, 0.1) is 5.82 Å². The number of nitrogens with two attached hydrogens (primary N) is 1. The van der Waals surface area contributed by atoms with Crippen LogP contribution in [0.5, 0.6) is 0 Å². The maximum Gasteiger partial charge on any atom is 0.357 e. The van der Waals surface area contributed by atoms with E-state index >= 15 is 0 Å². The molecule has 96 valence electrons. The number of halogens is 1. The van der Waals surface area contributed by atoms with Gasteiger partial charge in [-0.05, 0) is 13.3 Å². The van der Waals surface area contributed by atoms with Crippen molar-refractivity contribution in [2.75, 3.05) is 12.3 Å². The Hall–Kier alpha value is -2.18. The van der Waals surface area contributed by atoms with E-state index in [4.69, 9.17) is 10.5 Å². The molecule has 7 heteroatoms. The second-order valence-electron chi connectivity index (χ2n) is 3.63. The smallest absolute Gasteiger partial charge is 0.357 e. The minimum absolute atomic E-state index is 0.189. The first-order valence-electron chi connectivity index (χ1n) is 5.58. The molecule has 18 heavy (non-hydrogen) atoms. The summed E-state index contributed by atoms with van der Waals surface area (Å²) in [6.45, 7) is 3.77. The monoisotopic (exact) mass is 252 g/mol. The van der Waals surface area contributed by atoms with Crippen LogP contribution in [0.1, 0.15) is 30.0 Å². The predicted octanol–water partition coefficient (Wildman–Crippen LogP) is 1.19. The van der Waals surface area contributed by atoms with E-state index in [9.17, 15) is 9.18 Å². The van der Waals surface area contributed by atoms with Gasteiger partial charge >= 0.3 is 5.97 Å². The highest BCUT2D eigenvalue weighted by Crippen LogP contribution is 2.16. The maximum atomic E-state index is 13.4. The summed E-state index contributed by atoms with van der Waals surface area (Å²) < 4.78 is 19.6. The average molecular weight is 252 g/mol. The zero-order chi connectivity index (χ0) is 13.3. The van der Waals surface area contributed by atoms with E-state index in [0.29, 0.717) is 12.1 Å². The predicted molar refractivity (Wildman–Crippen MR) is 62.7 cm³/mol. The van der Waals surface area contributed by atoms with Gasteiger partial charge in [-0.15, -0.1) is 0 Å². The SMILES string of the molecule is CCOC(=O)c1c(CC)nc2nc(N)c(F)cn12. The van der Waals surface area contributed by atoms with Gasteiger partial charge in [0.1, 0.15) is 0 Å². The zero-order valence-corrected chi connectivity index (χ0v) is 10.1. The molecular formula is C11H13FN4O2. The van der Waals surface area contributed by atoms with Gasteiger partial charge in [0.15, 0.2) is 17.3 Å². The number of esters is 1. The molecule has 0 aromatic carbocycles. The van der Waals surface area contributed by atoms with Crippen LogP contribution in [-0.4, -0.2) is 26.9 Å². The van der Waals surface area contributed by atoms with E-state index in [1.165, 1.54) is 4.40 Å². The minimum Gasteiger partial charge on any atom is -0.461 e. The molecule has 2 rings (SSSR count). The number of imidazole rings is 1. The lowest BCUT2D eigenvalue weighted by molar-refractivity contribution is 0.0517. The molecule has 0 unspecified atom stereocenters. The fourth-order valence-corrected chi connectivity index (χ4v) is 1.67. The van der Waals surface area contributed by atoms with Crippen LogP contribution in [-0.2, 0) is 11.2 Å². The van der Waals surface area contributed by atoms with Crippen molar-refractivity contribution in [3.63, 3.8) is 0 Å². The van der Waals surface area contributed by atoms with Gasteiger partial charge in [-0.3, -0.25) is 4.40 Å². The lowest BCUT2D eigenvalue weighted by atomic mass is 10.2. The van der Waals surface area contributed by atoms with E-state index in [-0.39, 0.29) is 23.9 Å². The number of carbonyl (C=O) groups excluding carboxylic acids is 1.